The number of nitrogens with zero attached hydrogens (tertiary/aromatic N) is 1. The van der Waals surface area contributed by atoms with E-state index in [2.05, 4.69) is 60.5 Å². The van der Waals surface area contributed by atoms with Gasteiger partial charge in [-0.15, -0.1) is 0 Å². The van der Waals surface area contributed by atoms with Gasteiger partial charge < -0.3 is 15.0 Å². The molecule has 1 fully saturated rings. The molecule has 1 aliphatic rings. The first kappa shape index (κ1) is 17.3. The minimum absolute atomic E-state index is 0.287. The summed E-state index contributed by atoms with van der Waals surface area (Å²) in [6.07, 6.45) is 0.573. The van der Waals surface area contributed by atoms with E-state index in [1.54, 1.807) is 0 Å². The van der Waals surface area contributed by atoms with E-state index in [4.69, 9.17) is 16.3 Å². The van der Waals surface area contributed by atoms with Crippen LogP contribution in [0.15, 0.2) is 48.5 Å². The summed E-state index contributed by atoms with van der Waals surface area (Å²) in [7, 11) is 0. The highest BCUT2D eigenvalue weighted by Gasteiger charge is 2.22. The first-order valence-electron chi connectivity index (χ1n) is 8.54. The minimum Gasteiger partial charge on any atom is -0.372 e. The molecule has 0 radical (unpaired) electrons. The van der Waals surface area contributed by atoms with E-state index in [1.807, 2.05) is 12.1 Å². The van der Waals surface area contributed by atoms with E-state index in [-0.39, 0.29) is 12.2 Å². The van der Waals surface area contributed by atoms with Gasteiger partial charge in [-0.3, -0.25) is 0 Å². The molecule has 2 aromatic carbocycles. The number of ether oxygens (including phenoxy) is 1. The Kier molecular flexibility index (Phi) is 5.77. The SMILES string of the molecule is CC1CN(c2ccc(CNCc3ccc(Cl)cc3)cc2)CC(C)O1. The highest BCUT2D eigenvalue weighted by molar-refractivity contribution is 6.30. The zero-order valence-electron chi connectivity index (χ0n) is 14.3. The highest BCUT2D eigenvalue weighted by Crippen LogP contribution is 2.21. The molecule has 128 valence electrons. The predicted octanol–water partition coefficient (Wildman–Crippen LogP) is 4.24. The van der Waals surface area contributed by atoms with Crippen molar-refractivity contribution in [3.05, 3.63) is 64.7 Å². The van der Waals surface area contributed by atoms with Crippen LogP contribution in [-0.2, 0) is 17.8 Å². The molecular formula is C20H25ClN2O. The number of halogens is 1. The lowest BCUT2D eigenvalue weighted by Gasteiger charge is -2.36. The van der Waals surface area contributed by atoms with Crippen LogP contribution in [0.3, 0.4) is 0 Å². The normalized spacial score (nSPS) is 21.0. The van der Waals surface area contributed by atoms with E-state index in [0.717, 1.165) is 31.2 Å². The predicted molar refractivity (Wildman–Crippen MR) is 101 cm³/mol. The van der Waals surface area contributed by atoms with E-state index < -0.39 is 0 Å². The van der Waals surface area contributed by atoms with Crippen molar-refractivity contribution in [3.63, 3.8) is 0 Å². The average Bonchev–Trinajstić information content (AvgIpc) is 2.56. The first-order chi connectivity index (χ1) is 11.6. The summed E-state index contributed by atoms with van der Waals surface area (Å²) in [4.78, 5) is 2.41. The van der Waals surface area contributed by atoms with Crippen molar-refractivity contribution < 1.29 is 4.74 Å². The molecule has 2 atom stereocenters. The van der Waals surface area contributed by atoms with Crippen LogP contribution in [0.25, 0.3) is 0 Å². The molecule has 2 aromatic rings. The van der Waals surface area contributed by atoms with Crippen LogP contribution in [0, 0.1) is 0 Å². The molecule has 1 aliphatic heterocycles. The second kappa shape index (κ2) is 8.02. The number of morpholine rings is 1. The third-order valence-electron chi connectivity index (χ3n) is 4.29. The number of anilines is 1. The molecule has 0 aliphatic carbocycles. The van der Waals surface area contributed by atoms with Gasteiger partial charge in [0.15, 0.2) is 0 Å². The molecule has 1 N–H and O–H groups in total. The molecule has 0 amide bonds. The van der Waals surface area contributed by atoms with Crippen molar-refractivity contribution in [3.8, 4) is 0 Å². The monoisotopic (exact) mass is 344 g/mol. The fraction of sp³-hybridized carbons (Fsp3) is 0.400. The fourth-order valence-corrected chi connectivity index (χ4v) is 3.29. The lowest BCUT2D eigenvalue weighted by Crippen LogP contribution is -2.45. The molecule has 3 nitrogen and oxygen atoms in total. The van der Waals surface area contributed by atoms with Gasteiger partial charge >= 0.3 is 0 Å². The zero-order chi connectivity index (χ0) is 16.9. The van der Waals surface area contributed by atoms with Crippen molar-refractivity contribution in [1.29, 1.82) is 0 Å². The summed E-state index contributed by atoms with van der Waals surface area (Å²) in [5.41, 5.74) is 3.81. The number of hydrogen-bond donors (Lipinski definition) is 1. The Balaban J connectivity index is 1.52. The van der Waals surface area contributed by atoms with Crippen LogP contribution in [0.1, 0.15) is 25.0 Å². The maximum absolute atomic E-state index is 5.91. The van der Waals surface area contributed by atoms with Crippen LogP contribution in [0.4, 0.5) is 5.69 Å². The number of hydrogen-bond acceptors (Lipinski definition) is 3. The van der Waals surface area contributed by atoms with Crippen LogP contribution < -0.4 is 10.2 Å². The molecule has 1 heterocycles. The number of benzene rings is 2. The fourth-order valence-electron chi connectivity index (χ4n) is 3.17. The zero-order valence-corrected chi connectivity index (χ0v) is 15.1. The summed E-state index contributed by atoms with van der Waals surface area (Å²) < 4.78 is 5.80. The quantitative estimate of drug-likeness (QED) is 0.877. The molecule has 3 rings (SSSR count). The summed E-state index contributed by atoms with van der Waals surface area (Å²) in [6.45, 7) is 7.89. The second-order valence-electron chi connectivity index (χ2n) is 6.56. The van der Waals surface area contributed by atoms with E-state index in [1.165, 1.54) is 16.8 Å². The van der Waals surface area contributed by atoms with Crippen molar-refractivity contribution in [2.24, 2.45) is 0 Å². The Bertz CT molecular complexity index is 632. The maximum atomic E-state index is 5.91. The Morgan fingerprint density at radius 1 is 0.917 bits per heavy atom. The van der Waals surface area contributed by atoms with Gasteiger partial charge in [0.2, 0.25) is 0 Å². The van der Waals surface area contributed by atoms with Crippen LogP contribution in [-0.4, -0.2) is 25.3 Å². The lowest BCUT2D eigenvalue weighted by atomic mass is 10.1. The lowest BCUT2D eigenvalue weighted by molar-refractivity contribution is -0.00521. The molecule has 0 spiro atoms. The largest absolute Gasteiger partial charge is 0.372 e. The molecule has 0 bridgehead atoms. The number of nitrogens with one attached hydrogen (secondary N) is 1. The molecule has 1 saturated heterocycles. The van der Waals surface area contributed by atoms with E-state index in [0.29, 0.717) is 0 Å². The Labute approximate surface area is 149 Å². The van der Waals surface area contributed by atoms with Gasteiger partial charge in [-0.1, -0.05) is 35.9 Å². The summed E-state index contributed by atoms with van der Waals surface area (Å²) in [5.74, 6) is 0. The number of rotatable bonds is 5. The van der Waals surface area contributed by atoms with Crippen molar-refractivity contribution in [1.82, 2.24) is 5.32 Å². The second-order valence-corrected chi connectivity index (χ2v) is 7.00. The summed E-state index contributed by atoms with van der Waals surface area (Å²) >= 11 is 5.91. The molecule has 4 heteroatoms. The Morgan fingerprint density at radius 2 is 1.42 bits per heavy atom. The standard InChI is InChI=1S/C20H25ClN2O/c1-15-13-23(14-16(2)24-15)20-9-5-18(6-10-20)12-22-11-17-3-7-19(21)8-4-17/h3-10,15-16,22H,11-14H2,1-2H3. The van der Waals surface area contributed by atoms with Crippen LogP contribution in [0.2, 0.25) is 5.02 Å². The Morgan fingerprint density at radius 3 is 1.96 bits per heavy atom. The van der Waals surface area contributed by atoms with Gasteiger partial charge in [-0.2, -0.15) is 0 Å². The van der Waals surface area contributed by atoms with Gasteiger partial charge in [-0.25, -0.2) is 0 Å². The molecule has 2 unspecified atom stereocenters. The van der Waals surface area contributed by atoms with Gasteiger partial charge in [0.25, 0.3) is 0 Å². The topological polar surface area (TPSA) is 24.5 Å². The summed E-state index contributed by atoms with van der Waals surface area (Å²) in [5, 5.41) is 4.25. The third-order valence-corrected chi connectivity index (χ3v) is 4.54. The van der Waals surface area contributed by atoms with E-state index in [9.17, 15) is 0 Å². The smallest absolute Gasteiger partial charge is 0.0726 e. The van der Waals surface area contributed by atoms with Crippen molar-refractivity contribution in [2.75, 3.05) is 18.0 Å². The van der Waals surface area contributed by atoms with Crippen molar-refractivity contribution in [2.45, 2.75) is 39.1 Å². The van der Waals surface area contributed by atoms with Gasteiger partial charge in [0.05, 0.1) is 12.2 Å². The molecule has 24 heavy (non-hydrogen) atoms. The van der Waals surface area contributed by atoms with Crippen LogP contribution >= 0.6 is 11.6 Å². The summed E-state index contributed by atoms with van der Waals surface area (Å²) in [6, 6.07) is 16.8. The van der Waals surface area contributed by atoms with Gasteiger partial charge in [0.1, 0.15) is 0 Å². The first-order valence-corrected chi connectivity index (χ1v) is 8.92. The molecule has 0 saturated carbocycles. The van der Waals surface area contributed by atoms with Crippen molar-refractivity contribution >= 4 is 17.3 Å². The highest BCUT2D eigenvalue weighted by atomic mass is 35.5. The molecule has 0 aromatic heterocycles. The molecular weight excluding hydrogens is 320 g/mol. The van der Waals surface area contributed by atoms with E-state index >= 15 is 0 Å². The Hall–Kier alpha value is -1.55. The van der Waals surface area contributed by atoms with Crippen LogP contribution in [0.5, 0.6) is 0 Å². The average molecular weight is 345 g/mol. The maximum Gasteiger partial charge on any atom is 0.0726 e. The third kappa shape index (κ3) is 4.73. The van der Waals surface area contributed by atoms with Gasteiger partial charge in [-0.05, 0) is 49.2 Å². The van der Waals surface area contributed by atoms with Gasteiger partial charge in [0, 0.05) is 36.9 Å². The minimum atomic E-state index is 0.287.